The first-order valence-electron chi connectivity index (χ1n) is 13.6. The highest BCUT2D eigenvalue weighted by molar-refractivity contribution is 6.14. The average molecular weight is 525 g/mol. The Balaban J connectivity index is 1.26. The van der Waals surface area contributed by atoms with Crippen LogP contribution in [0.4, 0.5) is 5.69 Å². The third-order valence-corrected chi connectivity index (χ3v) is 8.02. The van der Waals surface area contributed by atoms with Crippen molar-refractivity contribution in [2.45, 2.75) is 0 Å². The summed E-state index contributed by atoms with van der Waals surface area (Å²) in [7, 11) is 0. The number of hydrogen-bond donors (Lipinski definition) is 0. The predicted molar refractivity (Wildman–Crippen MR) is 173 cm³/mol. The summed E-state index contributed by atoms with van der Waals surface area (Å²) >= 11 is 0. The van der Waals surface area contributed by atoms with Crippen molar-refractivity contribution in [2.24, 2.45) is 4.99 Å². The maximum absolute atomic E-state index is 5.03. The molecule has 0 saturated heterocycles. The number of imidazole rings is 1. The van der Waals surface area contributed by atoms with Gasteiger partial charge in [-0.3, -0.25) is 9.39 Å². The van der Waals surface area contributed by atoms with Gasteiger partial charge in [-0.05, 0) is 59.6 Å². The predicted octanol–water partition coefficient (Wildman–Crippen LogP) is 9.65. The summed E-state index contributed by atoms with van der Waals surface area (Å²) in [5, 5.41) is 4.58. The lowest BCUT2D eigenvalue weighted by Gasteiger charge is -2.11. The van der Waals surface area contributed by atoms with Crippen molar-refractivity contribution in [3.8, 4) is 22.4 Å². The number of aliphatic imine (C=N–C) groups is 1. The van der Waals surface area contributed by atoms with Crippen molar-refractivity contribution in [1.29, 1.82) is 0 Å². The van der Waals surface area contributed by atoms with E-state index in [4.69, 9.17) is 9.97 Å². The Bertz CT molecular complexity index is 2340. The van der Waals surface area contributed by atoms with Crippen molar-refractivity contribution in [3.63, 3.8) is 0 Å². The Kier molecular flexibility index (Phi) is 5.09. The lowest BCUT2D eigenvalue weighted by Crippen LogP contribution is -1.92. The average Bonchev–Trinajstić information content (AvgIpc) is 3.44. The van der Waals surface area contributed by atoms with E-state index in [1.165, 1.54) is 10.8 Å². The summed E-state index contributed by atoms with van der Waals surface area (Å²) in [6, 6.07) is 40.4. The normalized spacial score (nSPS) is 11.6. The molecule has 0 aliphatic rings. The molecule has 0 spiro atoms. The Hall–Kier alpha value is -5.61. The standard InChI is InChI=1S/C37H24N4/c1-3-23-12-17-26-19-21-31(39-36(26)35(23)38-2)25-15-13-24(14-16-25)27-18-20-29-30(22-27)28-8-4-6-10-33(28)41-34-11-7-5-9-32(34)40-37(29)41/h3-22H,1-2H2. The molecule has 0 fully saturated rings. The molecule has 5 aromatic carbocycles. The number of aromatic nitrogens is 3. The van der Waals surface area contributed by atoms with Gasteiger partial charge in [0, 0.05) is 27.3 Å². The molecule has 0 bridgehead atoms. The number of fused-ring (bicyclic) bond motifs is 9. The topological polar surface area (TPSA) is 42.5 Å². The first-order chi connectivity index (χ1) is 20.2. The van der Waals surface area contributed by atoms with Crippen molar-refractivity contribution in [1.82, 2.24) is 14.4 Å². The van der Waals surface area contributed by atoms with E-state index in [1.54, 1.807) is 6.08 Å². The molecular formula is C37H24N4. The minimum absolute atomic E-state index is 0.763. The second kappa shape index (κ2) is 8.97. The molecule has 4 nitrogen and oxygen atoms in total. The first kappa shape index (κ1) is 23.3. The first-order valence-corrected chi connectivity index (χ1v) is 13.6. The summed E-state index contributed by atoms with van der Waals surface area (Å²) in [5.74, 6) is 0. The van der Waals surface area contributed by atoms with Gasteiger partial charge >= 0.3 is 0 Å². The molecule has 0 aliphatic heterocycles. The van der Waals surface area contributed by atoms with Gasteiger partial charge in [-0.15, -0.1) is 0 Å². The van der Waals surface area contributed by atoms with Crippen molar-refractivity contribution < 1.29 is 0 Å². The number of hydrogen-bond acceptors (Lipinski definition) is 3. The van der Waals surface area contributed by atoms with E-state index in [-0.39, 0.29) is 0 Å². The molecule has 0 saturated carbocycles. The monoisotopic (exact) mass is 524 g/mol. The maximum Gasteiger partial charge on any atom is 0.146 e. The third-order valence-electron chi connectivity index (χ3n) is 8.02. The molecule has 192 valence electrons. The molecule has 0 unspecified atom stereocenters. The highest BCUT2D eigenvalue weighted by Crippen LogP contribution is 2.36. The molecule has 41 heavy (non-hydrogen) atoms. The second-order valence-corrected chi connectivity index (χ2v) is 10.2. The van der Waals surface area contributed by atoms with Gasteiger partial charge in [-0.2, -0.15) is 0 Å². The van der Waals surface area contributed by atoms with Crippen LogP contribution in [0.25, 0.3) is 77.7 Å². The maximum atomic E-state index is 5.03. The van der Waals surface area contributed by atoms with Crippen LogP contribution >= 0.6 is 0 Å². The fraction of sp³-hybridized carbons (Fsp3) is 0. The van der Waals surface area contributed by atoms with E-state index in [9.17, 15) is 0 Å². The summed E-state index contributed by atoms with van der Waals surface area (Å²) in [6.07, 6.45) is 1.79. The van der Waals surface area contributed by atoms with Gasteiger partial charge in [0.1, 0.15) is 5.65 Å². The molecule has 0 amide bonds. The number of para-hydroxylation sites is 3. The Morgan fingerprint density at radius 3 is 2.20 bits per heavy atom. The third kappa shape index (κ3) is 3.51. The van der Waals surface area contributed by atoms with Gasteiger partial charge in [-0.25, -0.2) is 9.97 Å². The minimum atomic E-state index is 0.763. The van der Waals surface area contributed by atoms with Crippen LogP contribution in [-0.4, -0.2) is 21.1 Å². The van der Waals surface area contributed by atoms with Crippen molar-refractivity contribution >= 4 is 67.7 Å². The smallest absolute Gasteiger partial charge is 0.146 e. The Labute approximate surface area is 236 Å². The number of pyridine rings is 2. The molecule has 3 aromatic heterocycles. The molecule has 8 aromatic rings. The number of nitrogens with zero attached hydrogens (tertiary/aromatic N) is 4. The molecular weight excluding hydrogens is 500 g/mol. The van der Waals surface area contributed by atoms with Crippen LogP contribution in [0.2, 0.25) is 0 Å². The summed E-state index contributed by atoms with van der Waals surface area (Å²) in [5.41, 5.74) is 11.0. The van der Waals surface area contributed by atoms with Crippen LogP contribution in [0.15, 0.2) is 127 Å². The zero-order valence-corrected chi connectivity index (χ0v) is 22.3. The molecule has 0 aliphatic carbocycles. The van der Waals surface area contributed by atoms with E-state index < -0.39 is 0 Å². The van der Waals surface area contributed by atoms with E-state index in [0.717, 1.165) is 72.1 Å². The van der Waals surface area contributed by atoms with Gasteiger partial charge in [0.15, 0.2) is 0 Å². The zero-order valence-electron chi connectivity index (χ0n) is 22.3. The highest BCUT2D eigenvalue weighted by Gasteiger charge is 2.14. The molecule has 3 heterocycles. The molecule has 0 radical (unpaired) electrons. The van der Waals surface area contributed by atoms with Crippen molar-refractivity contribution in [2.75, 3.05) is 0 Å². The molecule has 8 rings (SSSR count). The zero-order chi connectivity index (χ0) is 27.5. The quantitative estimate of drug-likeness (QED) is 0.170. The van der Waals surface area contributed by atoms with Gasteiger partial charge in [0.25, 0.3) is 0 Å². The van der Waals surface area contributed by atoms with E-state index >= 15 is 0 Å². The van der Waals surface area contributed by atoms with Gasteiger partial charge < -0.3 is 0 Å². The molecule has 0 atom stereocenters. The molecule has 4 heteroatoms. The van der Waals surface area contributed by atoms with Crippen LogP contribution in [-0.2, 0) is 0 Å². The Morgan fingerprint density at radius 2 is 1.37 bits per heavy atom. The summed E-state index contributed by atoms with van der Waals surface area (Å²) in [6.45, 7) is 7.67. The van der Waals surface area contributed by atoms with Crippen LogP contribution in [0, 0.1) is 0 Å². The fourth-order valence-electron chi connectivity index (χ4n) is 6.00. The van der Waals surface area contributed by atoms with Gasteiger partial charge in [0.2, 0.25) is 0 Å². The fourth-order valence-corrected chi connectivity index (χ4v) is 6.00. The van der Waals surface area contributed by atoms with Gasteiger partial charge in [0.05, 0.1) is 33.4 Å². The minimum Gasteiger partial charge on any atom is -0.292 e. The SMILES string of the molecule is C=Cc1ccc2ccc(-c3ccc(-c4ccc5c(c4)c4ccccc4n4c6ccccc6nc54)cc3)nc2c1N=C. The van der Waals surface area contributed by atoms with Crippen LogP contribution in [0.5, 0.6) is 0 Å². The van der Waals surface area contributed by atoms with Crippen LogP contribution in [0.3, 0.4) is 0 Å². The van der Waals surface area contributed by atoms with Crippen LogP contribution in [0.1, 0.15) is 5.56 Å². The van der Waals surface area contributed by atoms with Crippen LogP contribution < -0.4 is 0 Å². The lowest BCUT2D eigenvalue weighted by atomic mass is 9.98. The number of rotatable bonds is 4. The second-order valence-electron chi connectivity index (χ2n) is 10.2. The lowest BCUT2D eigenvalue weighted by molar-refractivity contribution is 1.31. The van der Waals surface area contributed by atoms with E-state index in [1.807, 2.05) is 18.2 Å². The summed E-state index contributed by atoms with van der Waals surface area (Å²) in [4.78, 5) is 14.2. The highest BCUT2D eigenvalue weighted by atomic mass is 15.0. The summed E-state index contributed by atoms with van der Waals surface area (Å²) < 4.78 is 2.28. The van der Waals surface area contributed by atoms with Crippen molar-refractivity contribution in [3.05, 3.63) is 127 Å². The van der Waals surface area contributed by atoms with E-state index in [2.05, 4.69) is 120 Å². The number of benzene rings is 5. The largest absolute Gasteiger partial charge is 0.292 e. The van der Waals surface area contributed by atoms with Gasteiger partial charge in [-0.1, -0.05) is 91.5 Å². The molecule has 0 N–H and O–H groups in total. The Morgan fingerprint density at radius 1 is 0.634 bits per heavy atom. The van der Waals surface area contributed by atoms with E-state index in [0.29, 0.717) is 0 Å².